The van der Waals surface area contributed by atoms with Crippen LogP contribution in [0.4, 0.5) is 11.6 Å². The average Bonchev–Trinajstić information content (AvgIpc) is 3.12. The van der Waals surface area contributed by atoms with Crippen molar-refractivity contribution in [1.82, 2.24) is 18.7 Å². The van der Waals surface area contributed by atoms with Gasteiger partial charge in [-0.25, -0.2) is 4.79 Å². The van der Waals surface area contributed by atoms with Crippen molar-refractivity contribution in [2.45, 2.75) is 46.7 Å². The Kier molecular flexibility index (Phi) is 5.40. The number of benzene rings is 1. The smallest absolute Gasteiger partial charge is 0.332 e. The first kappa shape index (κ1) is 20.3. The molecule has 1 aromatic carbocycles. The molecule has 30 heavy (non-hydrogen) atoms. The average molecular weight is 412 g/mol. The monoisotopic (exact) mass is 411 g/mol. The molecule has 8 heteroatoms. The van der Waals surface area contributed by atoms with E-state index < -0.39 is 0 Å². The van der Waals surface area contributed by atoms with Gasteiger partial charge in [-0.3, -0.25) is 13.9 Å². The highest BCUT2D eigenvalue weighted by molar-refractivity contribution is 5.77. The van der Waals surface area contributed by atoms with Crippen molar-refractivity contribution in [3.63, 3.8) is 0 Å². The second-order valence-corrected chi connectivity index (χ2v) is 7.99. The number of aryl methyl sites for hydroxylation is 1. The number of hydrogen-bond donors (Lipinski definition) is 0. The van der Waals surface area contributed by atoms with E-state index in [2.05, 4.69) is 11.8 Å². The molecule has 3 aromatic rings. The van der Waals surface area contributed by atoms with Gasteiger partial charge in [0.05, 0.1) is 6.61 Å². The SMILES string of the molecule is CCCCn1c(=O)c2c(nc3n2CC(C)CN3c2ccc(OCC)cc2)n(C)c1=O. The molecular weight excluding hydrogens is 382 g/mol. The van der Waals surface area contributed by atoms with Crippen LogP contribution in [0.15, 0.2) is 33.9 Å². The number of unbranched alkanes of at least 4 members (excludes halogenated alkanes) is 1. The van der Waals surface area contributed by atoms with Gasteiger partial charge >= 0.3 is 5.69 Å². The number of fused-ring (bicyclic) bond motifs is 3. The van der Waals surface area contributed by atoms with Gasteiger partial charge in [0.1, 0.15) is 5.75 Å². The van der Waals surface area contributed by atoms with Gasteiger partial charge in [-0.2, -0.15) is 4.98 Å². The number of anilines is 2. The Hall–Kier alpha value is -3.03. The van der Waals surface area contributed by atoms with Crippen LogP contribution in [-0.2, 0) is 20.1 Å². The summed E-state index contributed by atoms with van der Waals surface area (Å²) in [4.78, 5) is 32.9. The zero-order valence-electron chi connectivity index (χ0n) is 18.1. The fourth-order valence-electron chi connectivity index (χ4n) is 4.13. The molecule has 4 rings (SSSR count). The quantitative estimate of drug-likeness (QED) is 0.624. The minimum Gasteiger partial charge on any atom is -0.494 e. The van der Waals surface area contributed by atoms with Crippen molar-refractivity contribution >= 4 is 22.8 Å². The Morgan fingerprint density at radius 1 is 1.13 bits per heavy atom. The number of aromatic nitrogens is 4. The lowest BCUT2D eigenvalue weighted by Crippen LogP contribution is -2.40. The Labute approximate surface area is 175 Å². The topological polar surface area (TPSA) is 74.3 Å². The number of imidazole rings is 1. The molecule has 0 N–H and O–H groups in total. The molecule has 0 aliphatic carbocycles. The summed E-state index contributed by atoms with van der Waals surface area (Å²) in [7, 11) is 1.69. The van der Waals surface area contributed by atoms with Gasteiger partial charge in [-0.15, -0.1) is 0 Å². The second-order valence-electron chi connectivity index (χ2n) is 7.99. The standard InChI is InChI=1S/C22H29N5O3/c1-5-7-12-25-20(28)18-19(24(4)22(25)29)23-21-26(13-15(3)14-27(18)21)16-8-10-17(11-9-16)30-6-2/h8-11,15H,5-7,12-14H2,1-4H3. The predicted molar refractivity (Wildman–Crippen MR) is 118 cm³/mol. The van der Waals surface area contributed by atoms with Gasteiger partial charge < -0.3 is 14.2 Å². The van der Waals surface area contributed by atoms with E-state index in [1.54, 1.807) is 7.05 Å². The number of hydrogen-bond acceptors (Lipinski definition) is 5. The van der Waals surface area contributed by atoms with Crippen LogP contribution in [0.5, 0.6) is 5.75 Å². The van der Waals surface area contributed by atoms with Crippen molar-refractivity contribution in [2.75, 3.05) is 18.1 Å². The normalized spacial score (nSPS) is 16.1. The summed E-state index contributed by atoms with van der Waals surface area (Å²) in [5.41, 5.74) is 1.37. The molecule has 3 heterocycles. The minimum atomic E-state index is -0.308. The second kappa shape index (κ2) is 8.01. The lowest BCUT2D eigenvalue weighted by molar-refractivity contribution is 0.340. The van der Waals surface area contributed by atoms with Crippen molar-refractivity contribution < 1.29 is 4.74 Å². The summed E-state index contributed by atoms with van der Waals surface area (Å²) in [6, 6.07) is 7.90. The highest BCUT2D eigenvalue weighted by Crippen LogP contribution is 2.33. The Balaban J connectivity index is 1.88. The molecule has 0 amide bonds. The van der Waals surface area contributed by atoms with E-state index in [-0.39, 0.29) is 11.2 Å². The van der Waals surface area contributed by atoms with Gasteiger partial charge in [0.2, 0.25) is 5.95 Å². The first-order valence-electron chi connectivity index (χ1n) is 10.7. The maximum Gasteiger partial charge on any atom is 0.332 e. The Morgan fingerprint density at radius 2 is 1.87 bits per heavy atom. The lowest BCUT2D eigenvalue weighted by atomic mass is 10.1. The summed E-state index contributed by atoms with van der Waals surface area (Å²) in [5.74, 6) is 1.84. The molecule has 0 saturated carbocycles. The predicted octanol–water partition coefficient (Wildman–Crippen LogP) is 2.88. The van der Waals surface area contributed by atoms with Gasteiger partial charge in [-0.05, 0) is 43.5 Å². The maximum absolute atomic E-state index is 13.3. The van der Waals surface area contributed by atoms with E-state index in [0.29, 0.717) is 42.7 Å². The van der Waals surface area contributed by atoms with E-state index in [1.807, 2.05) is 42.7 Å². The molecule has 0 saturated heterocycles. The van der Waals surface area contributed by atoms with Crippen molar-refractivity contribution in [2.24, 2.45) is 13.0 Å². The fraction of sp³-hybridized carbons (Fsp3) is 0.500. The third kappa shape index (κ3) is 3.30. The summed E-state index contributed by atoms with van der Waals surface area (Å²) in [5, 5.41) is 0. The Bertz CT molecular complexity index is 1170. The van der Waals surface area contributed by atoms with Crippen molar-refractivity contribution in [3.8, 4) is 5.75 Å². The molecular formula is C22H29N5O3. The van der Waals surface area contributed by atoms with E-state index in [4.69, 9.17) is 9.72 Å². The fourth-order valence-corrected chi connectivity index (χ4v) is 4.13. The molecule has 1 unspecified atom stereocenters. The molecule has 1 aliphatic rings. The number of nitrogens with zero attached hydrogens (tertiary/aromatic N) is 5. The van der Waals surface area contributed by atoms with E-state index >= 15 is 0 Å². The van der Waals surface area contributed by atoms with Crippen LogP contribution in [0.25, 0.3) is 11.2 Å². The molecule has 160 valence electrons. The van der Waals surface area contributed by atoms with Gasteiger partial charge in [0, 0.05) is 32.4 Å². The van der Waals surface area contributed by atoms with E-state index in [9.17, 15) is 9.59 Å². The summed E-state index contributed by atoms with van der Waals surface area (Å²) in [6.07, 6.45) is 1.71. The highest BCUT2D eigenvalue weighted by atomic mass is 16.5. The highest BCUT2D eigenvalue weighted by Gasteiger charge is 2.29. The van der Waals surface area contributed by atoms with Crippen LogP contribution < -0.4 is 20.9 Å². The van der Waals surface area contributed by atoms with Crippen LogP contribution in [0.3, 0.4) is 0 Å². The Morgan fingerprint density at radius 3 is 2.53 bits per heavy atom. The van der Waals surface area contributed by atoms with Gasteiger partial charge in [-0.1, -0.05) is 20.3 Å². The summed E-state index contributed by atoms with van der Waals surface area (Å²) >= 11 is 0. The van der Waals surface area contributed by atoms with Crippen LogP contribution >= 0.6 is 0 Å². The molecule has 0 fully saturated rings. The van der Waals surface area contributed by atoms with Crippen LogP contribution in [0.1, 0.15) is 33.6 Å². The van der Waals surface area contributed by atoms with Gasteiger partial charge in [0.15, 0.2) is 11.2 Å². The number of rotatable bonds is 6. The van der Waals surface area contributed by atoms with Gasteiger partial charge in [0.25, 0.3) is 5.56 Å². The zero-order chi connectivity index (χ0) is 21.4. The summed E-state index contributed by atoms with van der Waals surface area (Å²) in [6.45, 7) is 8.69. The first-order valence-corrected chi connectivity index (χ1v) is 10.7. The lowest BCUT2D eigenvalue weighted by Gasteiger charge is -2.33. The van der Waals surface area contributed by atoms with Crippen LogP contribution in [0, 0.1) is 5.92 Å². The number of ether oxygens (including phenoxy) is 1. The molecule has 0 bridgehead atoms. The summed E-state index contributed by atoms with van der Waals surface area (Å²) < 4.78 is 10.4. The zero-order valence-corrected chi connectivity index (χ0v) is 18.1. The minimum absolute atomic E-state index is 0.249. The van der Waals surface area contributed by atoms with E-state index in [1.165, 1.54) is 9.13 Å². The molecule has 0 spiro atoms. The van der Waals surface area contributed by atoms with E-state index in [0.717, 1.165) is 30.8 Å². The van der Waals surface area contributed by atoms with Crippen LogP contribution in [-0.4, -0.2) is 31.8 Å². The van der Waals surface area contributed by atoms with Crippen molar-refractivity contribution in [3.05, 3.63) is 45.1 Å². The first-order chi connectivity index (χ1) is 14.5. The van der Waals surface area contributed by atoms with Crippen molar-refractivity contribution in [1.29, 1.82) is 0 Å². The third-order valence-electron chi connectivity index (χ3n) is 5.64. The molecule has 2 aromatic heterocycles. The molecule has 1 atom stereocenters. The molecule has 1 aliphatic heterocycles. The van der Waals surface area contributed by atoms with Crippen LogP contribution in [0.2, 0.25) is 0 Å². The third-order valence-corrected chi connectivity index (χ3v) is 5.64. The maximum atomic E-state index is 13.3. The largest absolute Gasteiger partial charge is 0.494 e. The molecule has 0 radical (unpaired) electrons. The molecule has 8 nitrogen and oxygen atoms in total.